The minimum Gasteiger partial charge on any atom is -0.469 e. The van der Waals surface area contributed by atoms with Gasteiger partial charge in [0.2, 0.25) is 0 Å². The van der Waals surface area contributed by atoms with Gasteiger partial charge in [-0.3, -0.25) is 9.78 Å². The normalized spacial score (nSPS) is 12.2. The first kappa shape index (κ1) is 18.3. The van der Waals surface area contributed by atoms with E-state index in [4.69, 9.17) is 11.6 Å². The smallest absolute Gasteiger partial charge is 0.469 e. The van der Waals surface area contributed by atoms with Crippen LogP contribution in [0.4, 0.5) is 26.3 Å². The monoisotopic (exact) mass is 351 g/mol. The van der Waals surface area contributed by atoms with E-state index in [1.807, 2.05) is 0 Å². The Kier molecular flexibility index (Phi) is 5.49. The highest BCUT2D eigenvalue weighted by Gasteiger charge is 2.42. The zero-order chi connectivity index (χ0) is 17.1. The first-order chi connectivity index (χ1) is 9.97. The molecule has 0 N–H and O–H groups in total. The number of carbonyl (C=O) groups excluding carboxylic acids is 1. The molecule has 0 aromatic carbocycles. The standard InChI is InChI=1S/C11H8ClF6NO3/c1-21-8(20)3-6-9(10(13,14)15)7(22-11(16,17)18)2-5(4-12)19-6/h2H,3-4H2,1H3. The van der Waals surface area contributed by atoms with Crippen LogP contribution >= 0.6 is 11.6 Å². The van der Waals surface area contributed by atoms with Crippen molar-refractivity contribution in [1.29, 1.82) is 0 Å². The van der Waals surface area contributed by atoms with Crippen LogP contribution in [0.25, 0.3) is 0 Å². The van der Waals surface area contributed by atoms with Crippen LogP contribution in [-0.2, 0) is 28.0 Å². The summed E-state index contributed by atoms with van der Waals surface area (Å²) >= 11 is 5.38. The van der Waals surface area contributed by atoms with Gasteiger partial charge in [-0.2, -0.15) is 13.2 Å². The van der Waals surface area contributed by atoms with Crippen LogP contribution in [0, 0.1) is 0 Å². The molecule has 0 aliphatic carbocycles. The SMILES string of the molecule is COC(=O)Cc1nc(CCl)cc(OC(F)(F)F)c1C(F)(F)F. The third kappa shape index (κ3) is 4.93. The third-order valence-electron chi connectivity index (χ3n) is 2.30. The zero-order valence-corrected chi connectivity index (χ0v) is 11.6. The number of alkyl halides is 7. The number of hydrogen-bond acceptors (Lipinski definition) is 4. The van der Waals surface area contributed by atoms with Crippen molar-refractivity contribution in [2.45, 2.75) is 24.8 Å². The summed E-state index contributed by atoms with van der Waals surface area (Å²) in [7, 11) is 0.911. The molecule has 0 saturated heterocycles. The van der Waals surface area contributed by atoms with Gasteiger partial charge in [-0.15, -0.1) is 24.8 Å². The number of hydrogen-bond donors (Lipinski definition) is 0. The van der Waals surface area contributed by atoms with Gasteiger partial charge in [0, 0.05) is 6.07 Å². The van der Waals surface area contributed by atoms with Crippen LogP contribution in [0.2, 0.25) is 0 Å². The highest BCUT2D eigenvalue weighted by Crippen LogP contribution is 2.41. The fourth-order valence-electron chi connectivity index (χ4n) is 1.54. The summed E-state index contributed by atoms with van der Waals surface area (Å²) in [5.41, 5.74) is -3.08. The van der Waals surface area contributed by atoms with Crippen LogP contribution in [0.1, 0.15) is 17.0 Å². The van der Waals surface area contributed by atoms with Crippen molar-refractivity contribution in [2.75, 3.05) is 7.11 Å². The molecule has 0 aliphatic rings. The highest BCUT2D eigenvalue weighted by molar-refractivity contribution is 6.16. The number of pyridine rings is 1. The largest absolute Gasteiger partial charge is 0.573 e. The van der Waals surface area contributed by atoms with Gasteiger partial charge < -0.3 is 9.47 Å². The minimum atomic E-state index is -5.35. The molecule has 0 spiro atoms. The van der Waals surface area contributed by atoms with Crippen molar-refractivity contribution in [3.63, 3.8) is 0 Å². The molecule has 124 valence electrons. The number of rotatable bonds is 4. The number of methoxy groups -OCH3 is 1. The van der Waals surface area contributed by atoms with Crippen molar-refractivity contribution in [3.8, 4) is 5.75 Å². The zero-order valence-electron chi connectivity index (χ0n) is 10.8. The Labute approximate surface area is 125 Å². The number of halogens is 7. The van der Waals surface area contributed by atoms with Crippen molar-refractivity contribution in [2.24, 2.45) is 0 Å². The van der Waals surface area contributed by atoms with Crippen LogP contribution in [0.3, 0.4) is 0 Å². The number of nitrogens with zero attached hydrogens (tertiary/aromatic N) is 1. The molecule has 0 bridgehead atoms. The molecular weight excluding hydrogens is 344 g/mol. The molecule has 22 heavy (non-hydrogen) atoms. The van der Waals surface area contributed by atoms with Crippen molar-refractivity contribution in [3.05, 3.63) is 23.0 Å². The summed E-state index contributed by atoms with van der Waals surface area (Å²) in [6.07, 6.45) is -11.6. The van der Waals surface area contributed by atoms with E-state index in [0.29, 0.717) is 6.07 Å². The lowest BCUT2D eigenvalue weighted by atomic mass is 10.1. The van der Waals surface area contributed by atoms with Crippen LogP contribution in [0.5, 0.6) is 5.75 Å². The minimum absolute atomic E-state index is 0.312. The van der Waals surface area contributed by atoms with Gasteiger partial charge in [-0.25, -0.2) is 0 Å². The second kappa shape index (κ2) is 6.59. The Morgan fingerprint density at radius 3 is 2.27 bits per heavy atom. The molecule has 4 nitrogen and oxygen atoms in total. The summed E-state index contributed by atoms with van der Waals surface area (Å²) in [6, 6.07) is 0.421. The molecule has 0 amide bonds. The van der Waals surface area contributed by atoms with E-state index >= 15 is 0 Å². The van der Waals surface area contributed by atoms with Gasteiger partial charge in [0.1, 0.15) is 11.3 Å². The van der Waals surface area contributed by atoms with E-state index in [2.05, 4.69) is 14.5 Å². The van der Waals surface area contributed by atoms with E-state index in [1.54, 1.807) is 0 Å². The van der Waals surface area contributed by atoms with Gasteiger partial charge in [0.25, 0.3) is 0 Å². The molecule has 0 unspecified atom stereocenters. The van der Waals surface area contributed by atoms with E-state index in [0.717, 1.165) is 7.11 Å². The highest BCUT2D eigenvalue weighted by atomic mass is 35.5. The third-order valence-corrected chi connectivity index (χ3v) is 2.57. The molecule has 0 fully saturated rings. The molecular formula is C11H8ClF6NO3. The average Bonchev–Trinajstić information content (AvgIpc) is 2.34. The maximum absolute atomic E-state index is 13.0. The number of ether oxygens (including phenoxy) is 2. The number of esters is 1. The fourth-order valence-corrected chi connectivity index (χ4v) is 1.68. The van der Waals surface area contributed by atoms with Crippen LogP contribution in [0.15, 0.2) is 6.07 Å². The maximum atomic E-state index is 13.0. The van der Waals surface area contributed by atoms with E-state index in [9.17, 15) is 31.1 Å². The average molecular weight is 352 g/mol. The summed E-state index contributed by atoms with van der Waals surface area (Å²) in [5, 5.41) is 0. The van der Waals surface area contributed by atoms with Gasteiger partial charge in [0.15, 0.2) is 0 Å². The Morgan fingerprint density at radius 1 is 1.27 bits per heavy atom. The lowest BCUT2D eigenvalue weighted by Gasteiger charge is -2.18. The lowest BCUT2D eigenvalue weighted by molar-refractivity contribution is -0.276. The molecule has 1 heterocycles. The number of aromatic nitrogens is 1. The molecule has 11 heteroatoms. The quantitative estimate of drug-likeness (QED) is 0.473. The van der Waals surface area contributed by atoms with Crippen LogP contribution in [-0.4, -0.2) is 24.4 Å². The molecule has 1 aromatic heterocycles. The second-order valence-electron chi connectivity index (χ2n) is 3.87. The molecule has 0 aliphatic heterocycles. The van der Waals surface area contributed by atoms with Gasteiger partial charge in [0.05, 0.1) is 30.8 Å². The Hall–Kier alpha value is -1.71. The Morgan fingerprint density at radius 2 is 1.86 bits per heavy atom. The fraction of sp³-hybridized carbons (Fsp3) is 0.455. The lowest BCUT2D eigenvalue weighted by Crippen LogP contribution is -2.23. The predicted molar refractivity (Wildman–Crippen MR) is 61.2 cm³/mol. The summed E-state index contributed by atoms with van der Waals surface area (Å²) in [4.78, 5) is 14.6. The summed E-state index contributed by atoms with van der Waals surface area (Å²) in [6.45, 7) is 0. The first-order valence-electron chi connectivity index (χ1n) is 5.46. The molecule has 0 atom stereocenters. The van der Waals surface area contributed by atoms with E-state index < -0.39 is 47.8 Å². The van der Waals surface area contributed by atoms with E-state index in [1.165, 1.54) is 0 Å². The molecule has 1 rings (SSSR count). The summed E-state index contributed by atoms with van der Waals surface area (Å²) < 4.78 is 83.4. The van der Waals surface area contributed by atoms with Crippen molar-refractivity contribution < 1.29 is 40.6 Å². The molecule has 0 saturated carbocycles. The van der Waals surface area contributed by atoms with Crippen molar-refractivity contribution in [1.82, 2.24) is 4.98 Å². The van der Waals surface area contributed by atoms with Gasteiger partial charge in [-0.1, -0.05) is 0 Å². The Balaban J connectivity index is 3.51. The van der Waals surface area contributed by atoms with Crippen molar-refractivity contribution >= 4 is 17.6 Å². The topological polar surface area (TPSA) is 48.4 Å². The summed E-state index contributed by atoms with van der Waals surface area (Å²) in [5.74, 6) is -3.10. The van der Waals surface area contributed by atoms with Gasteiger partial charge in [-0.05, 0) is 0 Å². The van der Waals surface area contributed by atoms with Gasteiger partial charge >= 0.3 is 18.5 Å². The van der Waals surface area contributed by atoms with E-state index in [-0.39, 0.29) is 5.69 Å². The number of carbonyl (C=O) groups is 1. The second-order valence-corrected chi connectivity index (χ2v) is 4.13. The Bertz CT molecular complexity index is 558. The first-order valence-corrected chi connectivity index (χ1v) is 6.00. The molecule has 1 aromatic rings. The maximum Gasteiger partial charge on any atom is 0.573 e. The van der Waals surface area contributed by atoms with Crippen LogP contribution < -0.4 is 4.74 Å². The predicted octanol–water partition coefficient (Wildman–Crippen LogP) is 3.45. The molecule has 0 radical (unpaired) electrons.